The molecule has 2 aromatic carbocycles. The lowest BCUT2D eigenvalue weighted by atomic mass is 9.70. The number of alkyl halides is 3. The Balaban J connectivity index is 0.000000591. The van der Waals surface area contributed by atoms with Crippen LogP contribution < -0.4 is 10.6 Å². The minimum atomic E-state index is -5.08. The first-order valence-electron chi connectivity index (χ1n) is 14.6. The summed E-state index contributed by atoms with van der Waals surface area (Å²) in [6.45, 7) is 10.3. The predicted octanol–water partition coefficient (Wildman–Crippen LogP) is 4.12. The second-order valence-electron chi connectivity index (χ2n) is 11.4. The van der Waals surface area contributed by atoms with Gasteiger partial charge in [0.25, 0.3) is 0 Å². The number of rotatable bonds is 7. The molecule has 1 saturated heterocycles. The van der Waals surface area contributed by atoms with E-state index in [2.05, 4.69) is 48.9 Å². The van der Waals surface area contributed by atoms with Crippen LogP contribution in [0.5, 0.6) is 0 Å². The smallest absolute Gasteiger partial charge is 0.475 e. The van der Waals surface area contributed by atoms with Crippen LogP contribution in [0.15, 0.2) is 30.3 Å². The van der Waals surface area contributed by atoms with Gasteiger partial charge in [-0.05, 0) is 54.8 Å². The molecule has 5 rings (SSSR count). The maximum atomic E-state index is 13.9. The van der Waals surface area contributed by atoms with Gasteiger partial charge in [0, 0.05) is 66.0 Å². The Hall–Kier alpha value is -4.41. The number of carboxylic acid groups (broad SMARTS) is 1. The molecule has 1 amide bonds. The van der Waals surface area contributed by atoms with Crippen molar-refractivity contribution in [3.63, 3.8) is 0 Å². The van der Waals surface area contributed by atoms with Crippen molar-refractivity contribution in [2.45, 2.75) is 45.2 Å². The summed E-state index contributed by atoms with van der Waals surface area (Å²) in [6.07, 6.45) is -3.53. The van der Waals surface area contributed by atoms with Crippen molar-refractivity contribution in [2.75, 3.05) is 50.8 Å². The summed E-state index contributed by atoms with van der Waals surface area (Å²) in [5.41, 5.74) is 12.0. The second kappa shape index (κ2) is 13.3. The minimum Gasteiger partial charge on any atom is -0.475 e. The van der Waals surface area contributed by atoms with E-state index in [0.717, 1.165) is 64.9 Å². The van der Waals surface area contributed by atoms with E-state index in [-0.39, 0.29) is 18.3 Å². The van der Waals surface area contributed by atoms with Gasteiger partial charge in [-0.25, -0.2) is 4.79 Å². The van der Waals surface area contributed by atoms with Gasteiger partial charge in [0.2, 0.25) is 5.91 Å². The number of nitrogens with zero attached hydrogens (tertiary/aromatic N) is 3. The Morgan fingerprint density at radius 2 is 1.82 bits per heavy atom. The van der Waals surface area contributed by atoms with Crippen LogP contribution in [0.4, 0.5) is 18.9 Å². The van der Waals surface area contributed by atoms with Crippen LogP contribution in [0.25, 0.3) is 10.9 Å². The number of carbonyl (C=O) groups is 3. The average molecular weight is 628 g/mol. The molecule has 2 aliphatic rings. The van der Waals surface area contributed by atoms with Gasteiger partial charge in [-0.15, -0.1) is 0 Å². The van der Waals surface area contributed by atoms with Crippen molar-refractivity contribution in [1.82, 2.24) is 9.88 Å². The van der Waals surface area contributed by atoms with Crippen molar-refractivity contribution >= 4 is 34.3 Å². The number of H-pyrrole nitrogens is 1. The summed E-state index contributed by atoms with van der Waals surface area (Å²) in [5.74, 6) is -2.72. The van der Waals surface area contributed by atoms with Crippen LogP contribution in [0.1, 0.15) is 65.5 Å². The van der Waals surface area contributed by atoms with Crippen LogP contribution in [0.3, 0.4) is 0 Å². The van der Waals surface area contributed by atoms with Crippen molar-refractivity contribution in [3.8, 4) is 6.07 Å². The van der Waals surface area contributed by atoms with E-state index >= 15 is 0 Å². The largest absolute Gasteiger partial charge is 0.490 e. The number of aromatic amines is 1. The fourth-order valence-electron chi connectivity index (χ4n) is 5.79. The summed E-state index contributed by atoms with van der Waals surface area (Å²) in [6, 6.07) is 11.9. The number of piperazine rings is 1. The van der Waals surface area contributed by atoms with E-state index in [1.54, 1.807) is 6.07 Å². The molecule has 2 heterocycles. The maximum Gasteiger partial charge on any atom is 0.490 e. The number of aryl methyl sites for hydroxylation is 1. The molecule has 45 heavy (non-hydrogen) atoms. The normalized spacial score (nSPS) is 15.6. The number of carbonyl (C=O) groups excluding carboxylic acids is 2. The molecule has 10 nitrogen and oxygen atoms in total. The van der Waals surface area contributed by atoms with Crippen molar-refractivity contribution in [1.29, 1.82) is 5.26 Å². The molecule has 240 valence electrons. The molecule has 0 radical (unpaired) electrons. The predicted molar refractivity (Wildman–Crippen MR) is 161 cm³/mol. The number of carboxylic acids is 1. The monoisotopic (exact) mass is 627 g/mol. The molecular formula is C32H36F3N5O5. The number of nitrogens with one attached hydrogen (secondary N) is 1. The number of aliphatic carboxylic acids is 1. The molecule has 4 N–H and O–H groups in total. The van der Waals surface area contributed by atoms with E-state index < -0.39 is 17.6 Å². The number of ketones is 1. The highest BCUT2D eigenvalue weighted by Gasteiger charge is 2.41. The molecule has 0 spiro atoms. The SMILES string of the molecule is CCc1cc2c(cc1N1CCN(C(=O)COCCCN)CC1)C(C)(C)c1[nH]c3cc(C#N)ccc3c1C2=O.O=C(O)C(F)(F)F. The quantitative estimate of drug-likeness (QED) is 0.331. The number of anilines is 1. The number of aromatic nitrogens is 1. The molecule has 0 unspecified atom stereocenters. The van der Waals surface area contributed by atoms with Crippen molar-refractivity contribution in [3.05, 3.63) is 63.8 Å². The summed E-state index contributed by atoms with van der Waals surface area (Å²) in [5, 5.41) is 17.3. The Morgan fingerprint density at radius 1 is 1.16 bits per heavy atom. The van der Waals surface area contributed by atoms with Crippen LogP contribution in [0, 0.1) is 11.3 Å². The number of benzene rings is 2. The van der Waals surface area contributed by atoms with E-state index in [0.29, 0.717) is 37.4 Å². The third kappa shape index (κ3) is 6.82. The van der Waals surface area contributed by atoms with E-state index in [1.165, 1.54) is 0 Å². The van der Waals surface area contributed by atoms with Gasteiger partial charge in [-0.1, -0.05) is 26.8 Å². The number of fused-ring (bicyclic) bond motifs is 4. The number of amides is 1. The standard InChI is InChI=1S/C30H35N5O3.C2HF3O2/c1-4-20-15-22-23(16-25(20)34-9-11-35(12-10-34)26(36)18-38-13-5-8-31)30(2,3)29-27(28(22)37)21-7-6-19(17-32)14-24(21)33-29;3-2(4,5)1(6)7/h6-7,14-16,33H,4-5,8-13,18,31H2,1-3H3;(H,6,7). The summed E-state index contributed by atoms with van der Waals surface area (Å²) >= 11 is 0. The Kier molecular flexibility index (Phi) is 9.89. The van der Waals surface area contributed by atoms with Gasteiger partial charge in [-0.2, -0.15) is 18.4 Å². The van der Waals surface area contributed by atoms with Gasteiger partial charge < -0.3 is 30.4 Å². The highest BCUT2D eigenvalue weighted by atomic mass is 19.4. The number of hydrogen-bond acceptors (Lipinski definition) is 7. The van der Waals surface area contributed by atoms with Crippen molar-refractivity contribution in [2.24, 2.45) is 5.73 Å². The third-order valence-electron chi connectivity index (χ3n) is 8.23. The average Bonchev–Trinajstić information content (AvgIpc) is 3.41. The van der Waals surface area contributed by atoms with Gasteiger partial charge in [0.05, 0.1) is 17.2 Å². The zero-order valence-corrected chi connectivity index (χ0v) is 25.4. The van der Waals surface area contributed by atoms with Crippen LogP contribution >= 0.6 is 0 Å². The van der Waals surface area contributed by atoms with Crippen LogP contribution in [-0.2, 0) is 26.2 Å². The summed E-state index contributed by atoms with van der Waals surface area (Å²) < 4.78 is 37.2. The Labute approximate surface area is 258 Å². The van der Waals surface area contributed by atoms with E-state index in [1.807, 2.05) is 17.0 Å². The topological polar surface area (TPSA) is 153 Å². The zero-order chi connectivity index (χ0) is 33.1. The molecule has 1 aliphatic heterocycles. The highest BCUT2D eigenvalue weighted by molar-refractivity contribution is 6.20. The van der Waals surface area contributed by atoms with Crippen molar-refractivity contribution < 1.29 is 37.4 Å². The summed E-state index contributed by atoms with van der Waals surface area (Å²) in [4.78, 5) is 43.0. The van der Waals surface area contributed by atoms with E-state index in [4.69, 9.17) is 20.4 Å². The molecule has 0 saturated carbocycles. The van der Waals surface area contributed by atoms with E-state index in [9.17, 15) is 28.0 Å². The summed E-state index contributed by atoms with van der Waals surface area (Å²) in [7, 11) is 0. The zero-order valence-electron chi connectivity index (χ0n) is 25.4. The maximum absolute atomic E-state index is 13.9. The highest BCUT2D eigenvalue weighted by Crippen LogP contribution is 2.45. The molecule has 1 aromatic heterocycles. The Bertz CT molecular complexity index is 1650. The molecule has 3 aromatic rings. The molecule has 1 aliphatic carbocycles. The van der Waals surface area contributed by atoms with Gasteiger partial charge in [0.15, 0.2) is 5.78 Å². The first-order valence-corrected chi connectivity index (χ1v) is 14.6. The van der Waals surface area contributed by atoms with Gasteiger partial charge >= 0.3 is 12.1 Å². The first-order chi connectivity index (χ1) is 21.2. The number of nitriles is 1. The molecular weight excluding hydrogens is 591 g/mol. The molecule has 0 bridgehead atoms. The number of hydrogen-bond donors (Lipinski definition) is 3. The number of halogens is 3. The molecule has 1 fully saturated rings. The first kappa shape index (κ1) is 33.5. The van der Waals surface area contributed by atoms with Gasteiger partial charge in [0.1, 0.15) is 6.61 Å². The molecule has 0 atom stereocenters. The van der Waals surface area contributed by atoms with Gasteiger partial charge in [-0.3, -0.25) is 9.59 Å². The molecule has 13 heteroatoms. The van der Waals surface area contributed by atoms with Crippen LogP contribution in [-0.4, -0.2) is 84.8 Å². The third-order valence-corrected chi connectivity index (χ3v) is 8.23. The van der Waals surface area contributed by atoms with Crippen LogP contribution in [0.2, 0.25) is 0 Å². The fourth-order valence-corrected chi connectivity index (χ4v) is 5.79. The minimum absolute atomic E-state index is 0.0143. The lowest BCUT2D eigenvalue weighted by Crippen LogP contribution is -2.50. The lowest BCUT2D eigenvalue weighted by molar-refractivity contribution is -0.192. The number of nitrogens with two attached hydrogens (primary N) is 1. The lowest BCUT2D eigenvalue weighted by Gasteiger charge is -2.39. The Morgan fingerprint density at radius 3 is 2.40 bits per heavy atom. The fraction of sp³-hybridized carbons (Fsp3) is 0.438. The second-order valence-corrected chi connectivity index (χ2v) is 11.4. The number of ether oxygens (including phenoxy) is 1.